The summed E-state index contributed by atoms with van der Waals surface area (Å²) in [4.78, 5) is 23.1. The van der Waals surface area contributed by atoms with Gasteiger partial charge >= 0.3 is 0 Å². The molecule has 3 heteroatoms. The van der Waals surface area contributed by atoms with Crippen LogP contribution in [0.2, 0.25) is 0 Å². The van der Waals surface area contributed by atoms with E-state index in [-0.39, 0.29) is 24.2 Å². The average molecular weight is 217 g/mol. The Morgan fingerprint density at radius 2 is 1.88 bits per heavy atom. The van der Waals surface area contributed by atoms with Crippen LogP contribution in [0.5, 0.6) is 0 Å². The minimum absolute atomic E-state index is 0.0418. The summed E-state index contributed by atoms with van der Waals surface area (Å²) in [5, 5.41) is 2.38. The standard InChI is InChI=1S/C13H15NO2/c1-9(10-6-4-3-5-7-10)13(2)8-11(15)14-12(13)16/h3-7,9H,8H2,1-2H3,(H,14,15,16). The van der Waals surface area contributed by atoms with Crippen molar-refractivity contribution in [1.29, 1.82) is 0 Å². The van der Waals surface area contributed by atoms with E-state index < -0.39 is 5.41 Å². The van der Waals surface area contributed by atoms with Gasteiger partial charge < -0.3 is 0 Å². The number of hydrogen-bond donors (Lipinski definition) is 1. The number of nitrogens with one attached hydrogen (secondary N) is 1. The Morgan fingerprint density at radius 1 is 1.25 bits per heavy atom. The molecule has 0 saturated carbocycles. The van der Waals surface area contributed by atoms with Crippen molar-refractivity contribution in [2.75, 3.05) is 0 Å². The first-order valence-corrected chi connectivity index (χ1v) is 5.43. The Hall–Kier alpha value is -1.64. The van der Waals surface area contributed by atoms with Crippen LogP contribution in [0.15, 0.2) is 30.3 Å². The van der Waals surface area contributed by atoms with Crippen molar-refractivity contribution in [2.24, 2.45) is 5.41 Å². The molecule has 2 unspecified atom stereocenters. The maximum Gasteiger partial charge on any atom is 0.233 e. The summed E-state index contributed by atoms with van der Waals surface area (Å²) in [6, 6.07) is 9.82. The van der Waals surface area contributed by atoms with Gasteiger partial charge in [0.15, 0.2) is 0 Å². The van der Waals surface area contributed by atoms with Gasteiger partial charge in [0.05, 0.1) is 5.41 Å². The molecular formula is C13H15NO2. The second-order valence-corrected chi connectivity index (χ2v) is 4.60. The molecule has 1 saturated heterocycles. The molecule has 1 N–H and O–H groups in total. The van der Waals surface area contributed by atoms with Crippen LogP contribution in [0.1, 0.15) is 31.7 Å². The summed E-state index contributed by atoms with van der Waals surface area (Å²) in [5.74, 6) is -0.288. The van der Waals surface area contributed by atoms with E-state index >= 15 is 0 Å². The number of carbonyl (C=O) groups excluding carboxylic acids is 2. The van der Waals surface area contributed by atoms with Crippen molar-refractivity contribution >= 4 is 11.8 Å². The lowest BCUT2D eigenvalue weighted by Gasteiger charge is -2.27. The summed E-state index contributed by atoms with van der Waals surface area (Å²) in [6.45, 7) is 3.85. The molecule has 0 aliphatic carbocycles. The first-order chi connectivity index (χ1) is 7.54. The monoisotopic (exact) mass is 217 g/mol. The topological polar surface area (TPSA) is 46.2 Å². The highest BCUT2D eigenvalue weighted by Crippen LogP contribution is 2.41. The summed E-state index contributed by atoms with van der Waals surface area (Å²) in [5.41, 5.74) is 0.480. The first-order valence-electron chi connectivity index (χ1n) is 5.43. The third kappa shape index (κ3) is 1.62. The summed E-state index contributed by atoms with van der Waals surface area (Å²) in [6.07, 6.45) is 0.280. The number of carbonyl (C=O) groups is 2. The van der Waals surface area contributed by atoms with E-state index in [1.54, 1.807) is 0 Å². The molecular weight excluding hydrogens is 202 g/mol. The molecule has 1 fully saturated rings. The molecule has 2 atom stereocenters. The van der Waals surface area contributed by atoms with E-state index in [0.29, 0.717) is 0 Å². The summed E-state index contributed by atoms with van der Waals surface area (Å²) < 4.78 is 0. The molecule has 1 aromatic rings. The second-order valence-electron chi connectivity index (χ2n) is 4.60. The van der Waals surface area contributed by atoms with Crippen LogP contribution in [0, 0.1) is 5.41 Å². The Kier molecular flexibility index (Phi) is 2.54. The highest BCUT2D eigenvalue weighted by Gasteiger charge is 2.46. The zero-order valence-corrected chi connectivity index (χ0v) is 9.49. The molecule has 84 valence electrons. The van der Waals surface area contributed by atoms with Gasteiger partial charge in [0.2, 0.25) is 11.8 Å². The zero-order chi connectivity index (χ0) is 11.8. The van der Waals surface area contributed by atoms with E-state index in [0.717, 1.165) is 5.56 Å². The highest BCUT2D eigenvalue weighted by atomic mass is 16.2. The maximum atomic E-state index is 11.8. The van der Waals surface area contributed by atoms with Crippen LogP contribution in [0.4, 0.5) is 0 Å². The molecule has 0 radical (unpaired) electrons. The number of imide groups is 1. The summed E-state index contributed by atoms with van der Waals surface area (Å²) >= 11 is 0. The van der Waals surface area contributed by atoms with Gasteiger partial charge in [0.1, 0.15) is 0 Å². The lowest BCUT2D eigenvalue weighted by molar-refractivity contribution is -0.128. The lowest BCUT2D eigenvalue weighted by atomic mass is 9.73. The maximum absolute atomic E-state index is 11.8. The van der Waals surface area contributed by atoms with Crippen molar-refractivity contribution in [3.05, 3.63) is 35.9 Å². The summed E-state index contributed by atoms with van der Waals surface area (Å²) in [7, 11) is 0. The van der Waals surface area contributed by atoms with Crippen molar-refractivity contribution in [1.82, 2.24) is 5.32 Å². The van der Waals surface area contributed by atoms with Gasteiger partial charge in [-0.2, -0.15) is 0 Å². The molecule has 2 rings (SSSR count). The molecule has 0 bridgehead atoms. The van der Waals surface area contributed by atoms with Crippen LogP contribution in [-0.2, 0) is 9.59 Å². The predicted octanol–water partition coefficient (Wildman–Crippen LogP) is 1.84. The van der Waals surface area contributed by atoms with Gasteiger partial charge in [-0.1, -0.05) is 37.3 Å². The Balaban J connectivity index is 2.32. The van der Waals surface area contributed by atoms with Crippen LogP contribution in [0.3, 0.4) is 0 Å². The molecule has 3 nitrogen and oxygen atoms in total. The fourth-order valence-corrected chi connectivity index (χ4v) is 2.19. The van der Waals surface area contributed by atoms with Gasteiger partial charge in [-0.3, -0.25) is 14.9 Å². The average Bonchev–Trinajstić information content (AvgIpc) is 2.54. The largest absolute Gasteiger partial charge is 0.296 e. The number of benzene rings is 1. The van der Waals surface area contributed by atoms with Gasteiger partial charge in [-0.25, -0.2) is 0 Å². The molecule has 16 heavy (non-hydrogen) atoms. The molecule has 1 aliphatic rings. The van der Waals surface area contributed by atoms with Gasteiger partial charge in [0.25, 0.3) is 0 Å². The van der Waals surface area contributed by atoms with Crippen molar-refractivity contribution in [3.8, 4) is 0 Å². The van der Waals surface area contributed by atoms with E-state index in [9.17, 15) is 9.59 Å². The fourth-order valence-electron chi connectivity index (χ4n) is 2.19. The van der Waals surface area contributed by atoms with Crippen LogP contribution in [0.25, 0.3) is 0 Å². The molecule has 1 aliphatic heterocycles. The first kappa shape index (κ1) is 10.9. The molecule has 1 aromatic carbocycles. The highest BCUT2D eigenvalue weighted by molar-refractivity contribution is 6.06. The molecule has 0 spiro atoms. The smallest absolute Gasteiger partial charge is 0.233 e. The van der Waals surface area contributed by atoms with Crippen molar-refractivity contribution < 1.29 is 9.59 Å². The van der Waals surface area contributed by atoms with E-state index in [4.69, 9.17) is 0 Å². The molecule has 1 heterocycles. The SMILES string of the molecule is CC(c1ccccc1)C1(C)CC(=O)NC1=O. The Bertz CT molecular complexity index is 427. The van der Waals surface area contributed by atoms with Crippen LogP contribution >= 0.6 is 0 Å². The third-order valence-electron chi connectivity index (χ3n) is 3.55. The normalized spacial score (nSPS) is 26.6. The Morgan fingerprint density at radius 3 is 2.38 bits per heavy atom. The predicted molar refractivity (Wildman–Crippen MR) is 60.7 cm³/mol. The second kappa shape index (κ2) is 3.74. The lowest BCUT2D eigenvalue weighted by Crippen LogP contribution is -2.33. The zero-order valence-electron chi connectivity index (χ0n) is 9.49. The molecule has 2 amide bonds. The van der Waals surface area contributed by atoms with Crippen molar-refractivity contribution in [3.63, 3.8) is 0 Å². The van der Waals surface area contributed by atoms with Gasteiger partial charge in [0, 0.05) is 6.42 Å². The number of rotatable bonds is 2. The van der Waals surface area contributed by atoms with Gasteiger partial charge in [-0.15, -0.1) is 0 Å². The van der Waals surface area contributed by atoms with E-state index in [1.165, 1.54) is 0 Å². The third-order valence-corrected chi connectivity index (χ3v) is 3.55. The fraction of sp³-hybridized carbons (Fsp3) is 0.385. The number of amides is 2. The van der Waals surface area contributed by atoms with E-state index in [1.807, 2.05) is 44.2 Å². The minimum atomic E-state index is -0.613. The van der Waals surface area contributed by atoms with Crippen LogP contribution in [-0.4, -0.2) is 11.8 Å². The number of hydrogen-bond acceptors (Lipinski definition) is 2. The molecule has 0 aromatic heterocycles. The van der Waals surface area contributed by atoms with Crippen LogP contribution < -0.4 is 5.32 Å². The van der Waals surface area contributed by atoms with Gasteiger partial charge in [-0.05, 0) is 18.4 Å². The minimum Gasteiger partial charge on any atom is -0.296 e. The van der Waals surface area contributed by atoms with Crippen molar-refractivity contribution in [2.45, 2.75) is 26.2 Å². The van der Waals surface area contributed by atoms with E-state index in [2.05, 4.69) is 5.32 Å². The quantitative estimate of drug-likeness (QED) is 0.768. The Labute approximate surface area is 94.9 Å².